The predicted molar refractivity (Wildman–Crippen MR) is 67.3 cm³/mol. The highest BCUT2D eigenvalue weighted by Crippen LogP contribution is 2.33. The lowest BCUT2D eigenvalue weighted by atomic mass is 10.3. The van der Waals surface area contributed by atoms with Crippen molar-refractivity contribution in [2.45, 2.75) is 25.3 Å². The molecule has 1 aromatic carbocycles. The molecule has 0 aliphatic heterocycles. The van der Waals surface area contributed by atoms with E-state index in [1.54, 1.807) is 13.2 Å². The number of amides is 1. The summed E-state index contributed by atoms with van der Waals surface area (Å²) in [6.07, 6.45) is 2.30. The maximum Gasteiger partial charge on any atom is 0.238 e. The van der Waals surface area contributed by atoms with Crippen LogP contribution in [0.15, 0.2) is 24.3 Å². The van der Waals surface area contributed by atoms with Crippen molar-refractivity contribution in [1.29, 1.82) is 0 Å². The summed E-state index contributed by atoms with van der Waals surface area (Å²) in [7, 11) is 1.61. The molecule has 0 atom stereocenters. The number of ether oxygens (including phenoxy) is 1. The van der Waals surface area contributed by atoms with Crippen LogP contribution in [0.1, 0.15) is 19.8 Å². The number of hydrogen-bond donors (Lipinski definition) is 2. The lowest BCUT2D eigenvalue weighted by Crippen LogP contribution is -2.35. The average molecular weight is 234 g/mol. The Labute approximate surface area is 101 Å². The summed E-state index contributed by atoms with van der Waals surface area (Å²) in [5, 5.41) is 6.07. The largest absolute Gasteiger partial charge is 0.497 e. The van der Waals surface area contributed by atoms with Gasteiger partial charge in [-0.2, -0.15) is 0 Å². The molecule has 0 aromatic heterocycles. The average Bonchev–Trinajstić information content (AvgIpc) is 3.06. The van der Waals surface area contributed by atoms with E-state index >= 15 is 0 Å². The Morgan fingerprint density at radius 2 is 2.24 bits per heavy atom. The minimum atomic E-state index is -0.0219. The Morgan fingerprint density at radius 3 is 2.88 bits per heavy atom. The first kappa shape index (κ1) is 11.9. The smallest absolute Gasteiger partial charge is 0.238 e. The third kappa shape index (κ3) is 3.46. The van der Waals surface area contributed by atoms with Crippen molar-refractivity contribution < 1.29 is 9.53 Å². The minimum Gasteiger partial charge on any atom is -0.497 e. The summed E-state index contributed by atoms with van der Waals surface area (Å²) in [6, 6.07) is 7.35. The number of rotatable bonds is 5. The maximum atomic E-state index is 11.7. The molecule has 0 unspecified atom stereocenters. The van der Waals surface area contributed by atoms with Crippen molar-refractivity contribution in [3.8, 4) is 5.75 Å². The molecule has 1 aliphatic rings. The molecular weight excluding hydrogens is 216 g/mol. The van der Waals surface area contributed by atoms with Gasteiger partial charge in [0, 0.05) is 17.3 Å². The Kier molecular flexibility index (Phi) is 3.33. The van der Waals surface area contributed by atoms with E-state index in [9.17, 15) is 4.79 Å². The van der Waals surface area contributed by atoms with Crippen LogP contribution in [0.3, 0.4) is 0 Å². The lowest BCUT2D eigenvalue weighted by Gasteiger charge is -2.11. The fourth-order valence-corrected chi connectivity index (χ4v) is 1.56. The van der Waals surface area contributed by atoms with Crippen LogP contribution >= 0.6 is 0 Å². The molecule has 0 heterocycles. The number of nitrogens with one attached hydrogen (secondary N) is 2. The van der Waals surface area contributed by atoms with Gasteiger partial charge < -0.3 is 15.4 Å². The van der Waals surface area contributed by atoms with Gasteiger partial charge in [0.25, 0.3) is 0 Å². The van der Waals surface area contributed by atoms with Crippen molar-refractivity contribution in [1.82, 2.24) is 5.32 Å². The Hall–Kier alpha value is -1.55. The summed E-state index contributed by atoms with van der Waals surface area (Å²) in [5.74, 6) is 0.719. The first-order chi connectivity index (χ1) is 8.11. The van der Waals surface area contributed by atoms with Gasteiger partial charge in [0.1, 0.15) is 5.75 Å². The van der Waals surface area contributed by atoms with Crippen molar-refractivity contribution >= 4 is 11.6 Å². The van der Waals surface area contributed by atoms with Crippen LogP contribution < -0.4 is 15.4 Å². The zero-order valence-electron chi connectivity index (χ0n) is 10.2. The molecule has 1 aliphatic carbocycles. The van der Waals surface area contributed by atoms with Gasteiger partial charge in [-0.1, -0.05) is 6.07 Å². The predicted octanol–water partition coefficient (Wildman–Crippen LogP) is 1.78. The Morgan fingerprint density at radius 1 is 1.47 bits per heavy atom. The van der Waals surface area contributed by atoms with Crippen LogP contribution in [0.4, 0.5) is 5.69 Å². The lowest BCUT2D eigenvalue weighted by molar-refractivity contribution is -0.115. The highest BCUT2D eigenvalue weighted by molar-refractivity contribution is 5.92. The second kappa shape index (κ2) is 4.75. The Balaban J connectivity index is 1.84. The van der Waals surface area contributed by atoms with Crippen molar-refractivity contribution in [2.75, 3.05) is 19.0 Å². The topological polar surface area (TPSA) is 50.4 Å². The molecule has 0 spiro atoms. The van der Waals surface area contributed by atoms with Crippen LogP contribution in [-0.2, 0) is 4.79 Å². The van der Waals surface area contributed by atoms with Crippen LogP contribution in [0, 0.1) is 0 Å². The third-order valence-corrected chi connectivity index (χ3v) is 3.03. The van der Waals surface area contributed by atoms with E-state index in [1.165, 1.54) is 0 Å². The van der Waals surface area contributed by atoms with E-state index in [4.69, 9.17) is 4.74 Å². The van der Waals surface area contributed by atoms with E-state index in [-0.39, 0.29) is 11.4 Å². The molecule has 0 bridgehead atoms. The zero-order chi connectivity index (χ0) is 12.3. The standard InChI is InChI=1S/C13H18N2O2/c1-13(6-7-13)14-9-12(16)15-10-4-3-5-11(8-10)17-2/h3-5,8,14H,6-7,9H2,1-2H3,(H,15,16). The third-order valence-electron chi connectivity index (χ3n) is 3.03. The monoisotopic (exact) mass is 234 g/mol. The van der Waals surface area contributed by atoms with Crippen molar-refractivity contribution in [3.05, 3.63) is 24.3 Å². The van der Waals surface area contributed by atoms with Crippen LogP contribution in [0.5, 0.6) is 5.75 Å². The van der Waals surface area contributed by atoms with Crippen LogP contribution in [0.2, 0.25) is 0 Å². The second-order valence-corrected chi connectivity index (χ2v) is 4.69. The van der Waals surface area contributed by atoms with Gasteiger partial charge in [0.2, 0.25) is 5.91 Å². The fourth-order valence-electron chi connectivity index (χ4n) is 1.56. The van der Waals surface area contributed by atoms with E-state index in [0.29, 0.717) is 6.54 Å². The SMILES string of the molecule is COc1cccc(NC(=O)CNC2(C)CC2)c1. The van der Waals surface area contributed by atoms with Crippen LogP contribution in [-0.4, -0.2) is 25.1 Å². The van der Waals surface area contributed by atoms with Gasteiger partial charge in [-0.25, -0.2) is 0 Å². The number of carbonyl (C=O) groups excluding carboxylic acids is 1. The number of carbonyl (C=O) groups is 1. The summed E-state index contributed by atoms with van der Waals surface area (Å²) in [4.78, 5) is 11.7. The first-order valence-corrected chi connectivity index (χ1v) is 5.80. The second-order valence-electron chi connectivity index (χ2n) is 4.69. The van der Waals surface area contributed by atoms with Gasteiger partial charge in [-0.3, -0.25) is 4.79 Å². The number of benzene rings is 1. The Bertz CT molecular complexity index is 414. The van der Waals surface area contributed by atoms with Gasteiger partial charge >= 0.3 is 0 Å². The summed E-state index contributed by atoms with van der Waals surface area (Å²) in [5.41, 5.74) is 0.947. The summed E-state index contributed by atoms with van der Waals surface area (Å²) < 4.78 is 5.09. The molecule has 0 saturated heterocycles. The maximum absolute atomic E-state index is 11.7. The van der Waals surface area contributed by atoms with E-state index < -0.39 is 0 Å². The van der Waals surface area contributed by atoms with Crippen molar-refractivity contribution in [3.63, 3.8) is 0 Å². The van der Waals surface area contributed by atoms with E-state index in [2.05, 4.69) is 17.6 Å². The van der Waals surface area contributed by atoms with Gasteiger partial charge in [-0.05, 0) is 31.9 Å². The summed E-state index contributed by atoms with van der Waals surface area (Å²) in [6.45, 7) is 2.49. The molecule has 0 radical (unpaired) electrons. The molecule has 2 N–H and O–H groups in total. The number of hydrogen-bond acceptors (Lipinski definition) is 3. The quantitative estimate of drug-likeness (QED) is 0.816. The minimum absolute atomic E-state index is 0.0219. The first-order valence-electron chi connectivity index (χ1n) is 5.80. The highest BCUT2D eigenvalue weighted by atomic mass is 16.5. The molecule has 17 heavy (non-hydrogen) atoms. The molecule has 92 valence electrons. The molecule has 1 aromatic rings. The van der Waals surface area contributed by atoms with Gasteiger partial charge in [0.05, 0.1) is 13.7 Å². The molecular formula is C13H18N2O2. The number of anilines is 1. The highest BCUT2D eigenvalue weighted by Gasteiger charge is 2.36. The molecule has 1 amide bonds. The number of methoxy groups -OCH3 is 1. The molecule has 4 heteroatoms. The zero-order valence-corrected chi connectivity index (χ0v) is 10.2. The van der Waals surface area contributed by atoms with Gasteiger partial charge in [-0.15, -0.1) is 0 Å². The normalized spacial score (nSPS) is 16.4. The van der Waals surface area contributed by atoms with Gasteiger partial charge in [0.15, 0.2) is 0 Å². The molecule has 2 rings (SSSR count). The summed E-state index contributed by atoms with van der Waals surface area (Å²) >= 11 is 0. The molecule has 4 nitrogen and oxygen atoms in total. The van der Waals surface area contributed by atoms with Crippen molar-refractivity contribution in [2.24, 2.45) is 0 Å². The fraction of sp³-hybridized carbons (Fsp3) is 0.462. The van der Waals surface area contributed by atoms with E-state index in [1.807, 2.05) is 18.2 Å². The molecule has 1 saturated carbocycles. The van der Waals surface area contributed by atoms with E-state index in [0.717, 1.165) is 24.3 Å². The van der Waals surface area contributed by atoms with Crippen LogP contribution in [0.25, 0.3) is 0 Å². The molecule has 1 fully saturated rings.